The molecule has 0 aliphatic rings. The highest BCUT2D eigenvalue weighted by Gasteiger charge is 2.12. The molecule has 6 heteroatoms. The molecule has 0 saturated carbocycles. The molecule has 0 atom stereocenters. The topological polar surface area (TPSA) is 67.3 Å². The molecule has 0 aliphatic heterocycles. The van der Waals surface area contributed by atoms with Crippen LogP contribution in [0.1, 0.15) is 21.5 Å². The Hall–Kier alpha value is -3.41. The van der Waals surface area contributed by atoms with Crippen LogP contribution in [0.5, 0.6) is 5.75 Å². The number of nitrogens with zero attached hydrogens (tertiary/aromatic N) is 3. The summed E-state index contributed by atoms with van der Waals surface area (Å²) < 4.78 is 5.18. The van der Waals surface area contributed by atoms with Crippen molar-refractivity contribution in [1.82, 2.24) is 14.9 Å². The van der Waals surface area contributed by atoms with Gasteiger partial charge in [0.05, 0.1) is 18.4 Å². The molecule has 3 aromatic rings. The Kier molecular flexibility index (Phi) is 7.16. The first-order valence-electron chi connectivity index (χ1n) is 9.62. The maximum absolute atomic E-state index is 12.7. The summed E-state index contributed by atoms with van der Waals surface area (Å²) in [5.74, 6) is 0.815. The molecule has 150 valence electrons. The largest absolute Gasteiger partial charge is 0.497 e. The molecule has 1 N–H and O–H groups in total. The Morgan fingerprint density at radius 3 is 2.45 bits per heavy atom. The number of ether oxygens (including phenoxy) is 1. The van der Waals surface area contributed by atoms with Crippen molar-refractivity contribution in [3.63, 3.8) is 0 Å². The number of pyridine rings is 2. The number of hydrogen-bond donors (Lipinski definition) is 1. The molecule has 1 amide bonds. The van der Waals surface area contributed by atoms with Crippen LogP contribution in [-0.4, -0.2) is 48.0 Å². The highest BCUT2D eigenvalue weighted by molar-refractivity contribution is 5.94. The van der Waals surface area contributed by atoms with Gasteiger partial charge in [-0.25, -0.2) is 0 Å². The number of carbonyl (C=O) groups excluding carboxylic acids is 1. The van der Waals surface area contributed by atoms with E-state index in [0.717, 1.165) is 36.4 Å². The van der Waals surface area contributed by atoms with E-state index in [4.69, 9.17) is 4.74 Å². The van der Waals surface area contributed by atoms with Gasteiger partial charge in [0.2, 0.25) is 0 Å². The number of hydrogen-bond acceptors (Lipinski definition) is 5. The second-order valence-corrected chi connectivity index (χ2v) is 6.82. The van der Waals surface area contributed by atoms with Crippen LogP contribution in [0.2, 0.25) is 0 Å². The van der Waals surface area contributed by atoms with Gasteiger partial charge >= 0.3 is 0 Å². The fraction of sp³-hybridized carbons (Fsp3) is 0.261. The molecule has 2 heterocycles. The molecule has 29 heavy (non-hydrogen) atoms. The van der Waals surface area contributed by atoms with E-state index in [1.54, 1.807) is 36.8 Å². The highest BCUT2D eigenvalue weighted by atomic mass is 16.5. The van der Waals surface area contributed by atoms with Gasteiger partial charge < -0.3 is 15.0 Å². The third-order valence-corrected chi connectivity index (χ3v) is 4.72. The standard InChI is InChI=1S/C23H26N4O2/c1-27(14-10-19-7-11-24-12-8-19)23(28)20-15-21(17-25-16-20)26-13-9-18-3-5-22(29-2)6-4-18/h3-8,11-12,15-17,26H,9-10,13-14H2,1-2H3. The van der Waals surface area contributed by atoms with Gasteiger partial charge in [-0.15, -0.1) is 0 Å². The number of carbonyl (C=O) groups is 1. The van der Waals surface area contributed by atoms with Gasteiger partial charge in [0.25, 0.3) is 5.91 Å². The van der Waals surface area contributed by atoms with Crippen LogP contribution >= 0.6 is 0 Å². The second kappa shape index (κ2) is 10.2. The van der Waals surface area contributed by atoms with Crippen LogP contribution < -0.4 is 10.1 Å². The zero-order valence-electron chi connectivity index (χ0n) is 16.8. The Morgan fingerprint density at radius 1 is 1.00 bits per heavy atom. The average Bonchev–Trinajstić information content (AvgIpc) is 2.78. The van der Waals surface area contributed by atoms with Crippen molar-refractivity contribution in [2.75, 3.05) is 32.6 Å². The minimum Gasteiger partial charge on any atom is -0.497 e. The number of aromatic nitrogens is 2. The van der Waals surface area contributed by atoms with E-state index in [1.807, 2.05) is 37.4 Å². The zero-order valence-corrected chi connectivity index (χ0v) is 16.8. The molecule has 0 aliphatic carbocycles. The number of nitrogens with one attached hydrogen (secondary N) is 1. The lowest BCUT2D eigenvalue weighted by molar-refractivity contribution is 0.0796. The number of methoxy groups -OCH3 is 1. The number of anilines is 1. The highest BCUT2D eigenvalue weighted by Crippen LogP contribution is 2.13. The molecule has 0 saturated heterocycles. The predicted octanol–water partition coefficient (Wildman–Crippen LogP) is 3.45. The van der Waals surface area contributed by atoms with Crippen molar-refractivity contribution in [2.24, 2.45) is 0 Å². The summed E-state index contributed by atoms with van der Waals surface area (Å²) in [4.78, 5) is 22.7. The van der Waals surface area contributed by atoms with E-state index in [-0.39, 0.29) is 5.91 Å². The molecule has 0 bridgehead atoms. The maximum Gasteiger partial charge on any atom is 0.255 e. The van der Waals surface area contributed by atoms with Crippen molar-refractivity contribution in [1.29, 1.82) is 0 Å². The van der Waals surface area contributed by atoms with E-state index >= 15 is 0 Å². The van der Waals surface area contributed by atoms with Gasteiger partial charge in [0.1, 0.15) is 5.75 Å². The number of amides is 1. The monoisotopic (exact) mass is 390 g/mol. The van der Waals surface area contributed by atoms with Crippen LogP contribution in [-0.2, 0) is 12.8 Å². The van der Waals surface area contributed by atoms with Crippen LogP contribution in [0, 0.1) is 0 Å². The van der Waals surface area contributed by atoms with E-state index in [9.17, 15) is 4.79 Å². The SMILES string of the molecule is COc1ccc(CCNc2cncc(C(=O)N(C)CCc3ccncc3)c2)cc1. The summed E-state index contributed by atoms with van der Waals surface area (Å²) in [6, 6.07) is 13.8. The Bertz CT molecular complexity index is 914. The van der Waals surface area contributed by atoms with E-state index in [1.165, 1.54) is 5.56 Å². The van der Waals surface area contributed by atoms with E-state index in [0.29, 0.717) is 12.1 Å². The molecule has 1 aromatic carbocycles. The molecule has 2 aromatic heterocycles. The molecule has 6 nitrogen and oxygen atoms in total. The third kappa shape index (κ3) is 6.04. The van der Waals surface area contributed by atoms with Crippen molar-refractivity contribution in [3.8, 4) is 5.75 Å². The first kappa shape index (κ1) is 20.3. The van der Waals surface area contributed by atoms with Gasteiger partial charge in [-0.05, 0) is 54.3 Å². The summed E-state index contributed by atoms with van der Waals surface area (Å²) in [6.07, 6.45) is 8.54. The lowest BCUT2D eigenvalue weighted by atomic mass is 10.1. The summed E-state index contributed by atoms with van der Waals surface area (Å²) in [7, 11) is 3.47. The lowest BCUT2D eigenvalue weighted by Crippen LogP contribution is -2.29. The molecule has 0 radical (unpaired) electrons. The van der Waals surface area contributed by atoms with Crippen molar-refractivity contribution in [2.45, 2.75) is 12.8 Å². The summed E-state index contributed by atoms with van der Waals surface area (Å²) >= 11 is 0. The zero-order chi connectivity index (χ0) is 20.5. The van der Waals surface area contributed by atoms with Gasteiger partial charge in [-0.1, -0.05) is 12.1 Å². The smallest absolute Gasteiger partial charge is 0.255 e. The first-order chi connectivity index (χ1) is 14.2. The Balaban J connectivity index is 1.51. The number of rotatable bonds is 9. The van der Waals surface area contributed by atoms with Crippen molar-refractivity contribution in [3.05, 3.63) is 83.9 Å². The van der Waals surface area contributed by atoms with Gasteiger partial charge in [0.15, 0.2) is 0 Å². The number of likely N-dealkylation sites (N-methyl/N-ethyl adjacent to an activating group) is 1. The third-order valence-electron chi connectivity index (χ3n) is 4.72. The van der Waals surface area contributed by atoms with Gasteiger partial charge in [-0.2, -0.15) is 0 Å². The Morgan fingerprint density at radius 2 is 1.72 bits per heavy atom. The van der Waals surface area contributed by atoms with Crippen LogP contribution in [0.15, 0.2) is 67.3 Å². The predicted molar refractivity (Wildman–Crippen MR) is 114 cm³/mol. The number of benzene rings is 1. The average molecular weight is 390 g/mol. The Labute approximate surface area is 171 Å². The minimum absolute atomic E-state index is 0.0367. The normalized spacial score (nSPS) is 10.4. The lowest BCUT2D eigenvalue weighted by Gasteiger charge is -2.17. The second-order valence-electron chi connectivity index (χ2n) is 6.82. The van der Waals surface area contributed by atoms with Crippen LogP contribution in [0.25, 0.3) is 0 Å². The van der Waals surface area contributed by atoms with Crippen molar-refractivity contribution < 1.29 is 9.53 Å². The van der Waals surface area contributed by atoms with Crippen LogP contribution in [0.4, 0.5) is 5.69 Å². The molecule has 0 fully saturated rings. The molecule has 0 unspecified atom stereocenters. The molecular formula is C23H26N4O2. The first-order valence-corrected chi connectivity index (χ1v) is 9.62. The van der Waals surface area contributed by atoms with E-state index in [2.05, 4.69) is 27.4 Å². The fourth-order valence-electron chi connectivity index (χ4n) is 2.97. The molecule has 3 rings (SSSR count). The minimum atomic E-state index is -0.0367. The van der Waals surface area contributed by atoms with Crippen molar-refractivity contribution >= 4 is 11.6 Å². The van der Waals surface area contributed by atoms with Gasteiger partial charge in [-0.3, -0.25) is 14.8 Å². The maximum atomic E-state index is 12.7. The van der Waals surface area contributed by atoms with Gasteiger partial charge in [0, 0.05) is 44.9 Å². The quantitative estimate of drug-likeness (QED) is 0.606. The van der Waals surface area contributed by atoms with E-state index < -0.39 is 0 Å². The summed E-state index contributed by atoms with van der Waals surface area (Å²) in [6.45, 7) is 1.39. The van der Waals surface area contributed by atoms with Crippen LogP contribution in [0.3, 0.4) is 0 Å². The fourth-order valence-corrected chi connectivity index (χ4v) is 2.97. The molecule has 0 spiro atoms. The summed E-state index contributed by atoms with van der Waals surface area (Å²) in [5.41, 5.74) is 3.80. The summed E-state index contributed by atoms with van der Waals surface area (Å²) in [5, 5.41) is 3.34. The molecular weight excluding hydrogens is 364 g/mol.